The third-order valence-corrected chi connectivity index (χ3v) is 4.92. The second-order valence-corrected chi connectivity index (χ2v) is 6.47. The minimum atomic E-state index is 0.0219. The highest BCUT2D eigenvalue weighted by Crippen LogP contribution is 2.24. The molecule has 2 heterocycles. The Hall–Kier alpha value is -1.43. The fourth-order valence-electron chi connectivity index (χ4n) is 2.58. The molecule has 0 aliphatic carbocycles. The van der Waals surface area contributed by atoms with E-state index in [-0.39, 0.29) is 6.04 Å². The lowest BCUT2D eigenvalue weighted by atomic mass is 10.0. The molecule has 4 nitrogen and oxygen atoms in total. The van der Waals surface area contributed by atoms with Crippen molar-refractivity contribution in [1.29, 1.82) is 0 Å². The minimum Gasteiger partial charge on any atom is -0.346 e. The maximum atomic E-state index is 6.28. The third kappa shape index (κ3) is 3.61. The van der Waals surface area contributed by atoms with Gasteiger partial charge in [0.05, 0.1) is 5.69 Å². The Bertz CT molecular complexity index is 561. The number of nitrogens with two attached hydrogens (primary N) is 1. The van der Waals surface area contributed by atoms with Crippen LogP contribution in [0.4, 0.5) is 5.13 Å². The zero-order valence-corrected chi connectivity index (χ0v) is 13.2. The van der Waals surface area contributed by atoms with E-state index in [0.29, 0.717) is 0 Å². The zero-order valence-electron chi connectivity index (χ0n) is 12.4. The fourth-order valence-corrected chi connectivity index (χ4v) is 3.47. The highest BCUT2D eigenvalue weighted by molar-refractivity contribution is 7.13. The summed E-state index contributed by atoms with van der Waals surface area (Å²) in [7, 11) is 2.17. The van der Waals surface area contributed by atoms with Gasteiger partial charge in [-0.3, -0.25) is 0 Å². The number of hydrogen-bond acceptors (Lipinski definition) is 5. The summed E-state index contributed by atoms with van der Waals surface area (Å²) >= 11 is 1.74. The Morgan fingerprint density at radius 2 is 1.90 bits per heavy atom. The maximum Gasteiger partial charge on any atom is 0.185 e. The van der Waals surface area contributed by atoms with E-state index < -0.39 is 0 Å². The molecule has 1 saturated heterocycles. The molecule has 1 fully saturated rings. The van der Waals surface area contributed by atoms with Crippen LogP contribution in [0.15, 0.2) is 35.7 Å². The van der Waals surface area contributed by atoms with Crippen LogP contribution < -0.4 is 10.6 Å². The molecule has 1 unspecified atom stereocenters. The van der Waals surface area contributed by atoms with E-state index in [4.69, 9.17) is 10.7 Å². The van der Waals surface area contributed by atoms with E-state index in [9.17, 15) is 0 Å². The number of rotatable bonds is 4. The van der Waals surface area contributed by atoms with Gasteiger partial charge in [0.1, 0.15) is 0 Å². The largest absolute Gasteiger partial charge is 0.346 e. The number of hydrogen-bond donors (Lipinski definition) is 1. The van der Waals surface area contributed by atoms with Crippen molar-refractivity contribution in [3.63, 3.8) is 0 Å². The van der Waals surface area contributed by atoms with Gasteiger partial charge >= 0.3 is 0 Å². The zero-order chi connectivity index (χ0) is 14.7. The SMILES string of the molecule is CN1CCN(c2nc(CC(N)c3ccccc3)cs2)CC1. The Morgan fingerprint density at radius 3 is 2.62 bits per heavy atom. The van der Waals surface area contributed by atoms with Crippen molar-refractivity contribution < 1.29 is 0 Å². The summed E-state index contributed by atoms with van der Waals surface area (Å²) in [6.45, 7) is 4.35. The molecule has 1 aliphatic heterocycles. The van der Waals surface area contributed by atoms with Gasteiger partial charge in [0.15, 0.2) is 5.13 Å². The molecule has 1 aromatic carbocycles. The summed E-state index contributed by atoms with van der Waals surface area (Å²) < 4.78 is 0. The monoisotopic (exact) mass is 302 g/mol. The van der Waals surface area contributed by atoms with Gasteiger partial charge in [0.2, 0.25) is 0 Å². The molecule has 3 rings (SSSR count). The van der Waals surface area contributed by atoms with Crippen LogP contribution in [0.1, 0.15) is 17.3 Å². The van der Waals surface area contributed by atoms with Crippen molar-refractivity contribution in [2.24, 2.45) is 5.73 Å². The molecule has 2 aromatic rings. The molecular formula is C16H22N4S. The number of piperazine rings is 1. The van der Waals surface area contributed by atoms with Gasteiger partial charge in [-0.2, -0.15) is 0 Å². The fraction of sp³-hybridized carbons (Fsp3) is 0.438. The van der Waals surface area contributed by atoms with E-state index >= 15 is 0 Å². The van der Waals surface area contributed by atoms with E-state index in [1.54, 1.807) is 11.3 Å². The van der Waals surface area contributed by atoms with Crippen LogP contribution in [0.2, 0.25) is 0 Å². The van der Waals surface area contributed by atoms with Crippen LogP contribution in [0.5, 0.6) is 0 Å². The maximum absolute atomic E-state index is 6.28. The Morgan fingerprint density at radius 1 is 1.19 bits per heavy atom. The van der Waals surface area contributed by atoms with Crippen molar-refractivity contribution >= 4 is 16.5 Å². The second-order valence-electron chi connectivity index (χ2n) is 5.63. The van der Waals surface area contributed by atoms with Gasteiger partial charge in [-0.05, 0) is 12.6 Å². The quantitative estimate of drug-likeness (QED) is 0.940. The average Bonchev–Trinajstić information content (AvgIpc) is 2.97. The molecular weight excluding hydrogens is 280 g/mol. The van der Waals surface area contributed by atoms with Crippen molar-refractivity contribution in [2.75, 3.05) is 38.1 Å². The summed E-state index contributed by atoms with van der Waals surface area (Å²) in [6, 6.07) is 10.3. The molecule has 0 spiro atoms. The van der Waals surface area contributed by atoms with Crippen molar-refractivity contribution in [3.8, 4) is 0 Å². The normalized spacial score (nSPS) is 17.9. The van der Waals surface area contributed by atoms with Gasteiger partial charge in [0.25, 0.3) is 0 Å². The van der Waals surface area contributed by atoms with Crippen LogP contribution in [0, 0.1) is 0 Å². The number of nitrogens with zero attached hydrogens (tertiary/aromatic N) is 3. The lowest BCUT2D eigenvalue weighted by Crippen LogP contribution is -2.44. The lowest BCUT2D eigenvalue weighted by molar-refractivity contribution is 0.312. The molecule has 21 heavy (non-hydrogen) atoms. The summed E-state index contributed by atoms with van der Waals surface area (Å²) in [5.74, 6) is 0. The molecule has 0 saturated carbocycles. The lowest BCUT2D eigenvalue weighted by Gasteiger charge is -2.32. The number of likely N-dealkylation sites (N-methyl/N-ethyl adjacent to an activating group) is 1. The van der Waals surface area contributed by atoms with E-state index in [0.717, 1.165) is 43.4 Å². The summed E-state index contributed by atoms with van der Waals surface area (Å²) in [6.07, 6.45) is 0.800. The first-order valence-electron chi connectivity index (χ1n) is 7.41. The number of thiazole rings is 1. The van der Waals surface area contributed by atoms with Gasteiger partial charge in [-0.25, -0.2) is 4.98 Å². The predicted octanol–water partition coefficient (Wildman–Crippen LogP) is 2.14. The molecule has 0 amide bonds. The van der Waals surface area contributed by atoms with Crippen LogP contribution in [-0.2, 0) is 6.42 Å². The summed E-state index contributed by atoms with van der Waals surface area (Å²) in [4.78, 5) is 9.51. The molecule has 1 atom stereocenters. The van der Waals surface area contributed by atoms with E-state index in [2.05, 4.69) is 34.4 Å². The van der Waals surface area contributed by atoms with Gasteiger partial charge in [-0.15, -0.1) is 11.3 Å². The molecule has 0 bridgehead atoms. The summed E-state index contributed by atoms with van der Waals surface area (Å²) in [5, 5.41) is 3.29. The van der Waals surface area contributed by atoms with Gasteiger partial charge in [0, 0.05) is 44.0 Å². The molecule has 1 aliphatic rings. The minimum absolute atomic E-state index is 0.0219. The molecule has 5 heteroatoms. The topological polar surface area (TPSA) is 45.4 Å². The van der Waals surface area contributed by atoms with E-state index in [1.807, 2.05) is 18.2 Å². The van der Waals surface area contributed by atoms with Crippen molar-refractivity contribution in [1.82, 2.24) is 9.88 Å². The first-order valence-corrected chi connectivity index (χ1v) is 8.29. The van der Waals surface area contributed by atoms with Gasteiger partial charge in [-0.1, -0.05) is 30.3 Å². The van der Waals surface area contributed by atoms with Crippen molar-refractivity contribution in [3.05, 3.63) is 47.0 Å². The number of aromatic nitrogens is 1. The second kappa shape index (κ2) is 6.56. The van der Waals surface area contributed by atoms with Crippen molar-refractivity contribution in [2.45, 2.75) is 12.5 Å². The predicted molar refractivity (Wildman–Crippen MR) is 88.9 cm³/mol. The van der Waals surface area contributed by atoms with Crippen LogP contribution in [0.3, 0.4) is 0 Å². The van der Waals surface area contributed by atoms with Crippen LogP contribution in [0.25, 0.3) is 0 Å². The highest BCUT2D eigenvalue weighted by Gasteiger charge is 2.17. The molecule has 2 N–H and O–H groups in total. The molecule has 112 valence electrons. The molecule has 1 aromatic heterocycles. The Balaban J connectivity index is 1.63. The first kappa shape index (κ1) is 14.5. The first-order chi connectivity index (χ1) is 10.2. The van der Waals surface area contributed by atoms with Crippen LogP contribution >= 0.6 is 11.3 Å². The average molecular weight is 302 g/mol. The number of benzene rings is 1. The number of anilines is 1. The Labute approximate surface area is 130 Å². The Kier molecular flexibility index (Phi) is 4.53. The molecule has 0 radical (unpaired) electrons. The highest BCUT2D eigenvalue weighted by atomic mass is 32.1. The smallest absolute Gasteiger partial charge is 0.185 e. The standard InChI is InChI=1S/C16H22N4S/c1-19-7-9-20(10-8-19)16-18-14(12-21-16)11-15(17)13-5-3-2-4-6-13/h2-6,12,15H,7-11,17H2,1H3. The van der Waals surface area contributed by atoms with Crippen LogP contribution in [-0.4, -0.2) is 43.1 Å². The van der Waals surface area contributed by atoms with E-state index in [1.165, 1.54) is 5.56 Å². The summed E-state index contributed by atoms with van der Waals surface area (Å²) in [5.41, 5.74) is 8.55. The van der Waals surface area contributed by atoms with Gasteiger partial charge < -0.3 is 15.5 Å². The third-order valence-electron chi connectivity index (χ3n) is 3.97.